The Labute approximate surface area is 77.6 Å². The van der Waals surface area contributed by atoms with Gasteiger partial charge in [-0.05, 0) is 18.3 Å². The van der Waals surface area contributed by atoms with Gasteiger partial charge < -0.3 is 19.7 Å². The summed E-state index contributed by atoms with van der Waals surface area (Å²) in [5.41, 5.74) is 0. The minimum Gasteiger partial charge on any atom is -0.428 e. The maximum Gasteiger partial charge on any atom is 0.212 e. The van der Waals surface area contributed by atoms with Gasteiger partial charge >= 0.3 is 0 Å². The molecule has 5 heteroatoms. The standard InChI is InChI=1S/C8H14O4Si/c1-13(2,11)5-3-4-8(12-4)7(10)6(5)9/h3-4,6-11H,1-2H3/t4?,6-,7-,8-/m1/s1. The second kappa shape index (κ2) is 2.65. The van der Waals surface area contributed by atoms with E-state index in [-0.39, 0.29) is 12.2 Å². The van der Waals surface area contributed by atoms with Gasteiger partial charge in [0.2, 0.25) is 8.32 Å². The van der Waals surface area contributed by atoms with Crippen LogP contribution in [0.1, 0.15) is 0 Å². The number of hydrogen-bond acceptors (Lipinski definition) is 4. The summed E-state index contributed by atoms with van der Waals surface area (Å²) in [6, 6.07) is 0. The summed E-state index contributed by atoms with van der Waals surface area (Å²) < 4.78 is 5.11. The first-order chi connectivity index (χ1) is 5.91. The first-order valence-electron chi connectivity index (χ1n) is 4.37. The Balaban J connectivity index is 2.27. The Hall–Kier alpha value is -0.203. The predicted molar refractivity (Wildman–Crippen MR) is 48.5 cm³/mol. The minimum absolute atomic E-state index is 0.0904. The van der Waals surface area contributed by atoms with Gasteiger partial charge in [-0.15, -0.1) is 0 Å². The topological polar surface area (TPSA) is 73.2 Å². The van der Waals surface area contributed by atoms with E-state index >= 15 is 0 Å². The molecule has 0 bridgehead atoms. The highest BCUT2D eigenvalue weighted by atomic mass is 28.4. The molecule has 1 aliphatic heterocycles. The molecule has 0 aromatic carbocycles. The van der Waals surface area contributed by atoms with Crippen LogP contribution in [0.4, 0.5) is 0 Å². The Morgan fingerprint density at radius 3 is 2.54 bits per heavy atom. The van der Waals surface area contributed by atoms with E-state index in [0.29, 0.717) is 5.20 Å². The predicted octanol–water partition coefficient (Wildman–Crippen LogP) is -0.848. The van der Waals surface area contributed by atoms with Crippen LogP contribution in [0.5, 0.6) is 0 Å². The van der Waals surface area contributed by atoms with Crippen molar-refractivity contribution in [2.45, 2.75) is 37.5 Å². The molecule has 2 aliphatic rings. The van der Waals surface area contributed by atoms with E-state index in [2.05, 4.69) is 0 Å². The highest BCUT2D eigenvalue weighted by molar-refractivity contribution is 6.77. The molecular formula is C8H14O4Si. The van der Waals surface area contributed by atoms with Crippen LogP contribution in [0.15, 0.2) is 11.3 Å². The molecule has 0 amide bonds. The first kappa shape index (κ1) is 9.36. The van der Waals surface area contributed by atoms with Crippen LogP contribution >= 0.6 is 0 Å². The van der Waals surface area contributed by atoms with Crippen LogP contribution in [-0.4, -0.2) is 47.7 Å². The highest BCUT2D eigenvalue weighted by Crippen LogP contribution is 2.37. The molecule has 74 valence electrons. The van der Waals surface area contributed by atoms with Gasteiger partial charge in [-0.3, -0.25) is 0 Å². The first-order valence-corrected chi connectivity index (χ1v) is 7.32. The van der Waals surface area contributed by atoms with Crippen molar-refractivity contribution in [1.82, 2.24) is 0 Å². The van der Waals surface area contributed by atoms with Crippen molar-refractivity contribution in [3.05, 3.63) is 11.3 Å². The highest BCUT2D eigenvalue weighted by Gasteiger charge is 2.52. The van der Waals surface area contributed by atoms with Crippen molar-refractivity contribution in [2.75, 3.05) is 0 Å². The van der Waals surface area contributed by atoms with Crippen LogP contribution in [0.25, 0.3) is 0 Å². The lowest BCUT2D eigenvalue weighted by molar-refractivity contribution is 0.0248. The minimum atomic E-state index is -2.51. The van der Waals surface area contributed by atoms with Crippen molar-refractivity contribution in [1.29, 1.82) is 0 Å². The second-order valence-electron chi connectivity index (χ2n) is 4.18. The van der Waals surface area contributed by atoms with Gasteiger partial charge in [0.05, 0.1) is 0 Å². The molecule has 1 aliphatic carbocycles. The maximum atomic E-state index is 9.81. The molecule has 1 saturated heterocycles. The molecule has 0 aromatic heterocycles. The maximum absolute atomic E-state index is 9.81. The van der Waals surface area contributed by atoms with E-state index in [0.717, 1.165) is 0 Å². The van der Waals surface area contributed by atoms with Crippen LogP contribution in [0.3, 0.4) is 0 Å². The van der Waals surface area contributed by atoms with Gasteiger partial charge in [-0.2, -0.15) is 0 Å². The number of rotatable bonds is 1. The summed E-state index contributed by atoms with van der Waals surface area (Å²) in [5.74, 6) is 0. The zero-order valence-electron chi connectivity index (χ0n) is 7.64. The molecule has 4 nitrogen and oxygen atoms in total. The zero-order valence-corrected chi connectivity index (χ0v) is 8.64. The van der Waals surface area contributed by atoms with Gasteiger partial charge in [0.1, 0.15) is 24.4 Å². The van der Waals surface area contributed by atoms with Crippen LogP contribution in [-0.2, 0) is 4.74 Å². The van der Waals surface area contributed by atoms with E-state index < -0.39 is 20.5 Å². The molecule has 0 radical (unpaired) electrons. The Bertz CT molecular complexity index is 257. The molecule has 1 heterocycles. The molecular weight excluding hydrogens is 188 g/mol. The lowest BCUT2D eigenvalue weighted by atomic mass is 10.0. The molecule has 0 spiro atoms. The molecule has 3 N–H and O–H groups in total. The molecule has 0 aromatic rings. The number of hydrogen-bond donors (Lipinski definition) is 3. The van der Waals surface area contributed by atoms with E-state index in [9.17, 15) is 15.0 Å². The summed E-state index contributed by atoms with van der Waals surface area (Å²) in [6.45, 7) is 3.44. The summed E-state index contributed by atoms with van der Waals surface area (Å²) in [5, 5.41) is 19.7. The third-order valence-electron chi connectivity index (χ3n) is 2.59. The van der Waals surface area contributed by atoms with Gasteiger partial charge in [0, 0.05) is 0 Å². The van der Waals surface area contributed by atoms with Crippen molar-refractivity contribution in [3.63, 3.8) is 0 Å². The van der Waals surface area contributed by atoms with E-state index in [1.54, 1.807) is 19.2 Å². The Morgan fingerprint density at radius 2 is 2.00 bits per heavy atom. The fourth-order valence-corrected chi connectivity index (χ4v) is 3.22. The van der Waals surface area contributed by atoms with Crippen LogP contribution in [0, 0.1) is 0 Å². The third kappa shape index (κ3) is 1.47. The zero-order chi connectivity index (χ0) is 9.80. The largest absolute Gasteiger partial charge is 0.428 e. The quantitative estimate of drug-likeness (QED) is 0.382. The molecule has 0 saturated carbocycles. The van der Waals surface area contributed by atoms with Crippen molar-refractivity contribution in [3.8, 4) is 0 Å². The van der Waals surface area contributed by atoms with E-state index in [4.69, 9.17) is 4.74 Å². The number of fused-ring (bicyclic) bond motifs is 1. The van der Waals surface area contributed by atoms with Gasteiger partial charge in [-0.25, -0.2) is 0 Å². The average molecular weight is 202 g/mol. The van der Waals surface area contributed by atoms with Gasteiger partial charge in [0.25, 0.3) is 0 Å². The Morgan fingerprint density at radius 1 is 1.38 bits per heavy atom. The summed E-state index contributed by atoms with van der Waals surface area (Å²) >= 11 is 0. The summed E-state index contributed by atoms with van der Waals surface area (Å²) in [7, 11) is -2.51. The average Bonchev–Trinajstić information content (AvgIpc) is 2.73. The van der Waals surface area contributed by atoms with Crippen molar-refractivity contribution in [2.24, 2.45) is 0 Å². The lowest BCUT2D eigenvalue weighted by Gasteiger charge is -2.28. The normalized spacial score (nSPS) is 43.9. The van der Waals surface area contributed by atoms with Gasteiger partial charge in [-0.1, -0.05) is 6.08 Å². The SMILES string of the molecule is C[Si](C)(O)C1=CC2O[C@H]2[C@H](O)[C@@H]1O. The Kier molecular flexibility index (Phi) is 1.90. The van der Waals surface area contributed by atoms with Crippen LogP contribution < -0.4 is 0 Å². The van der Waals surface area contributed by atoms with E-state index in [1.807, 2.05) is 0 Å². The van der Waals surface area contributed by atoms with Crippen LogP contribution in [0.2, 0.25) is 13.1 Å². The van der Waals surface area contributed by atoms with Crippen molar-refractivity contribution >= 4 is 8.32 Å². The second-order valence-corrected chi connectivity index (χ2v) is 7.88. The molecule has 2 rings (SSSR count). The van der Waals surface area contributed by atoms with Gasteiger partial charge in [0.15, 0.2) is 0 Å². The number of ether oxygens (including phenoxy) is 1. The summed E-state index contributed by atoms with van der Waals surface area (Å²) in [4.78, 5) is 9.81. The smallest absolute Gasteiger partial charge is 0.212 e. The van der Waals surface area contributed by atoms with Crippen molar-refractivity contribution < 1.29 is 19.7 Å². The fraction of sp³-hybridized carbons (Fsp3) is 0.750. The summed E-state index contributed by atoms with van der Waals surface area (Å²) in [6.07, 6.45) is -0.407. The molecule has 1 fully saturated rings. The molecule has 13 heavy (non-hydrogen) atoms. The fourth-order valence-electron chi connectivity index (χ4n) is 1.75. The monoisotopic (exact) mass is 202 g/mol. The number of aliphatic hydroxyl groups is 2. The number of aliphatic hydroxyl groups excluding tert-OH is 2. The molecule has 1 unspecified atom stereocenters. The lowest BCUT2D eigenvalue weighted by Crippen LogP contribution is -2.46. The van der Waals surface area contributed by atoms with E-state index in [1.165, 1.54) is 0 Å². The molecule has 4 atom stereocenters. The number of epoxide rings is 1. The third-order valence-corrected chi connectivity index (χ3v) is 4.47.